The van der Waals surface area contributed by atoms with Crippen LogP contribution in [-0.2, 0) is 70.6 Å². The molecule has 4 saturated carbocycles. The Balaban J connectivity index is 0.000000237. The third kappa shape index (κ3) is 51.0. The average Bonchev–Trinajstić information content (AvgIpc) is 0.744. The number of carboxylic acids is 6. The zero-order valence-corrected chi connectivity index (χ0v) is 86.7. The number of anilines is 6. The molecule has 0 atom stereocenters. The first kappa shape index (κ1) is 120. The van der Waals surface area contributed by atoms with E-state index in [0.717, 1.165) is 212 Å². The van der Waals surface area contributed by atoms with Crippen molar-refractivity contribution >= 4 is 105 Å². The number of hydrogen-bond donors (Lipinski definition) is 6. The quantitative estimate of drug-likeness (QED) is 0.0193. The van der Waals surface area contributed by atoms with Gasteiger partial charge in [-0.1, -0.05) is 324 Å². The van der Waals surface area contributed by atoms with Gasteiger partial charge in [-0.3, -0.25) is 57.5 Å². The van der Waals surface area contributed by atoms with Gasteiger partial charge in [0.2, 0.25) is 35.4 Å². The second-order valence-electron chi connectivity index (χ2n) is 39.0. The molecular weight excluding hydrogens is 1840 g/mol. The van der Waals surface area contributed by atoms with Crippen LogP contribution in [0, 0.1) is 0 Å². The molecule has 4 fully saturated rings. The molecule has 0 spiro atoms. The molecule has 12 rings (SSSR count). The van der Waals surface area contributed by atoms with Crippen LogP contribution < -0.4 is 29.4 Å². The first-order valence-electron chi connectivity index (χ1n) is 54.6. The van der Waals surface area contributed by atoms with E-state index in [1.54, 1.807) is 9.80 Å². The Bertz CT molecular complexity index is 4830. The molecule has 8 aromatic carbocycles. The third-order valence-electron chi connectivity index (χ3n) is 27.3. The molecule has 0 bridgehead atoms. The summed E-state index contributed by atoms with van der Waals surface area (Å²) in [4.78, 5) is 151. The lowest BCUT2D eigenvalue weighted by molar-refractivity contribution is -0.138. The van der Waals surface area contributed by atoms with Crippen molar-refractivity contribution < 1.29 is 88.2 Å². The third-order valence-corrected chi connectivity index (χ3v) is 27.3. The van der Waals surface area contributed by atoms with Crippen LogP contribution >= 0.6 is 0 Å². The van der Waals surface area contributed by atoms with Crippen LogP contribution in [0.25, 0.3) is 0 Å². The van der Waals surface area contributed by atoms with E-state index in [1.807, 2.05) is 245 Å². The average molecular weight is 2000 g/mol. The second-order valence-corrected chi connectivity index (χ2v) is 39.0. The summed E-state index contributed by atoms with van der Waals surface area (Å²) in [5.41, 5.74) is 8.02. The molecule has 0 heterocycles. The standard InChI is InChI=1S/C22H33NO3.C21H31NO3.2C20H23NO3.C20H29NO3.C19H27NO3/c24-21(17-11-3-1-2-4-12-18-22(25)26)23(19-13-7-5-8-14-19)20-15-9-6-10-16-20;23-20(16-10-2-1-3-11-17-21(24)25)22(18-12-6-4-7-13-18)19-14-8-5-9-15-19;2*22-19(14-8-3-9-15-20(23)24)21(18-12-6-2-7-13-18)16-17-10-4-1-5-11-17;22-19(15-9-1-2-10-16-20(23)24)21(17-11-5-3-6-12-17)18-13-7-4-8-14-18;21-18(14-8-3-9-15-19(22)23)20(16-10-4-1-5-11-16)17-12-6-2-7-13-17/h5,7-8,13-14,20H,1-4,6,9-12,15-18H2,(H,25,26);4,6-7,12-13,19H,1-3,5,8-11,14-17H2,(H,24,25);2*1-2,4-7,10-13H,3,8-9,14-16H2,(H,23,24);3,5-6,11-12,18H,1-2,4,7-10,13-16H2,(H,23,24);1,4-5,10-11,17H,2-3,6-9,12-15H2,(H,22,23). The minimum Gasteiger partial charge on any atom is -0.481 e. The maximum absolute atomic E-state index is 12.9. The number of benzene rings is 8. The lowest BCUT2D eigenvalue weighted by atomic mass is 9.93. The van der Waals surface area contributed by atoms with Gasteiger partial charge in [-0.05, 0) is 212 Å². The van der Waals surface area contributed by atoms with Crippen molar-refractivity contribution in [1.82, 2.24) is 0 Å². The van der Waals surface area contributed by atoms with Gasteiger partial charge in [0, 0.05) is 135 Å². The number of nitrogens with zero attached hydrogens (tertiary/aromatic N) is 6. The fourth-order valence-electron chi connectivity index (χ4n) is 19.5. The van der Waals surface area contributed by atoms with Crippen molar-refractivity contribution in [3.05, 3.63) is 254 Å². The zero-order chi connectivity index (χ0) is 105. The molecule has 4 aliphatic carbocycles. The Labute approximate surface area is 868 Å². The van der Waals surface area contributed by atoms with E-state index in [1.165, 1.54) is 77.0 Å². The highest BCUT2D eigenvalue weighted by atomic mass is 16.4. The van der Waals surface area contributed by atoms with Crippen molar-refractivity contribution in [1.29, 1.82) is 0 Å². The summed E-state index contributed by atoms with van der Waals surface area (Å²) in [6.07, 6.45) is 48.1. The highest BCUT2D eigenvalue weighted by molar-refractivity contribution is 5.97. The van der Waals surface area contributed by atoms with E-state index in [2.05, 4.69) is 17.0 Å². The van der Waals surface area contributed by atoms with Crippen LogP contribution in [0.15, 0.2) is 243 Å². The molecule has 0 aromatic heterocycles. The molecule has 4 aliphatic rings. The maximum atomic E-state index is 12.9. The van der Waals surface area contributed by atoms with Crippen LogP contribution in [-0.4, -0.2) is 126 Å². The topological polar surface area (TPSA) is 346 Å². The van der Waals surface area contributed by atoms with Gasteiger partial charge in [0.05, 0.1) is 13.1 Å². The fraction of sp³-hybridized carbons (Fsp3) is 0.508. The zero-order valence-electron chi connectivity index (χ0n) is 86.7. The van der Waals surface area contributed by atoms with Crippen LogP contribution in [0.1, 0.15) is 371 Å². The first-order chi connectivity index (χ1) is 71.1. The number of unbranched alkanes of at least 4 members (excludes halogenated alkanes) is 18. The van der Waals surface area contributed by atoms with Gasteiger partial charge in [0.15, 0.2) is 0 Å². The molecule has 0 radical (unpaired) electrons. The van der Waals surface area contributed by atoms with Crippen molar-refractivity contribution in [3.63, 3.8) is 0 Å². The highest BCUT2D eigenvalue weighted by Crippen LogP contribution is 2.35. The molecule has 6 N–H and O–H groups in total. The number of amides is 6. The van der Waals surface area contributed by atoms with Crippen LogP contribution in [0.5, 0.6) is 0 Å². The fourth-order valence-corrected chi connectivity index (χ4v) is 19.5. The number of carbonyl (C=O) groups excluding carboxylic acids is 6. The van der Waals surface area contributed by atoms with Crippen LogP contribution in [0.2, 0.25) is 0 Å². The Morgan fingerprint density at radius 2 is 0.315 bits per heavy atom. The summed E-state index contributed by atoms with van der Waals surface area (Å²) in [7, 11) is 0. The Morgan fingerprint density at radius 1 is 0.171 bits per heavy atom. The molecule has 24 nitrogen and oxygen atoms in total. The highest BCUT2D eigenvalue weighted by Gasteiger charge is 2.32. The number of para-hydroxylation sites is 6. The number of rotatable bonds is 56. The minimum atomic E-state index is -0.781. The minimum absolute atomic E-state index is 0.0698. The maximum Gasteiger partial charge on any atom is 0.303 e. The van der Waals surface area contributed by atoms with E-state index in [4.69, 9.17) is 30.6 Å². The normalized spacial score (nSPS) is 13.5. The monoisotopic (exact) mass is 2000 g/mol. The molecular formula is C122H166N6O18. The molecule has 0 saturated heterocycles. The van der Waals surface area contributed by atoms with Crippen LogP contribution in [0.4, 0.5) is 34.1 Å². The summed E-state index contributed by atoms with van der Waals surface area (Å²) in [5.74, 6) is -3.46. The predicted octanol–water partition coefficient (Wildman–Crippen LogP) is 28.4. The SMILES string of the molecule is O=C(O)CCCCCC(=O)N(Cc1ccccc1)c1ccccc1.O=C(O)CCCCCC(=O)N(Cc1ccccc1)c1ccccc1.O=C(O)CCCCCC(=O)N(c1ccccc1)C1CCCCC1.O=C(O)CCCCCCC(=O)N(c1ccccc1)C1CCCCC1.O=C(O)CCCCCCCC(=O)N(c1ccccc1)C1CCCCC1.O=C(O)CCCCCCCCC(=O)N(c1ccccc1)C1CCCCC1. The number of aliphatic carboxylic acids is 6. The van der Waals surface area contributed by atoms with Crippen molar-refractivity contribution in [2.45, 2.75) is 397 Å². The molecule has 24 heteroatoms. The summed E-state index contributed by atoms with van der Waals surface area (Å²) >= 11 is 0. The Hall–Kier alpha value is -12.6. The van der Waals surface area contributed by atoms with Crippen molar-refractivity contribution in [3.8, 4) is 0 Å². The van der Waals surface area contributed by atoms with E-state index in [0.29, 0.717) is 114 Å². The van der Waals surface area contributed by atoms with Gasteiger partial charge < -0.3 is 60.0 Å². The van der Waals surface area contributed by atoms with Gasteiger partial charge in [-0.15, -0.1) is 0 Å². The number of carbonyl (C=O) groups is 12. The summed E-state index contributed by atoms with van der Waals surface area (Å²) in [6.45, 7) is 1.08. The van der Waals surface area contributed by atoms with Gasteiger partial charge >= 0.3 is 35.8 Å². The van der Waals surface area contributed by atoms with E-state index in [9.17, 15) is 57.5 Å². The molecule has 0 unspecified atom stereocenters. The Morgan fingerprint density at radius 3 is 0.493 bits per heavy atom. The molecule has 0 aliphatic heterocycles. The van der Waals surface area contributed by atoms with Gasteiger partial charge in [0.1, 0.15) is 0 Å². The van der Waals surface area contributed by atoms with Crippen molar-refractivity contribution in [2.24, 2.45) is 0 Å². The second kappa shape index (κ2) is 74.3. The van der Waals surface area contributed by atoms with E-state index >= 15 is 0 Å². The summed E-state index contributed by atoms with van der Waals surface area (Å²) in [5, 5.41) is 51.8. The van der Waals surface area contributed by atoms with Gasteiger partial charge in [-0.2, -0.15) is 0 Å². The molecule has 146 heavy (non-hydrogen) atoms. The summed E-state index contributed by atoms with van der Waals surface area (Å²) in [6, 6.07) is 80.6. The predicted molar refractivity (Wildman–Crippen MR) is 583 cm³/mol. The molecule has 792 valence electrons. The van der Waals surface area contributed by atoms with Crippen LogP contribution in [0.3, 0.4) is 0 Å². The number of carboxylic acid groups (broad SMARTS) is 6. The van der Waals surface area contributed by atoms with Crippen molar-refractivity contribution in [2.75, 3.05) is 29.4 Å². The smallest absolute Gasteiger partial charge is 0.303 e. The van der Waals surface area contributed by atoms with Gasteiger partial charge in [-0.25, -0.2) is 0 Å². The van der Waals surface area contributed by atoms with E-state index in [-0.39, 0.29) is 74.0 Å². The summed E-state index contributed by atoms with van der Waals surface area (Å²) < 4.78 is 0. The lowest BCUT2D eigenvalue weighted by Crippen LogP contribution is -2.41. The van der Waals surface area contributed by atoms with E-state index < -0.39 is 35.8 Å². The lowest BCUT2D eigenvalue weighted by Gasteiger charge is -2.34. The Kier molecular flexibility index (Phi) is 61.2. The molecule has 6 amide bonds. The largest absolute Gasteiger partial charge is 0.481 e. The number of hydrogen-bond acceptors (Lipinski definition) is 12. The first-order valence-corrected chi connectivity index (χ1v) is 54.6. The molecule has 8 aromatic rings. The van der Waals surface area contributed by atoms with Gasteiger partial charge in [0.25, 0.3) is 0 Å².